The summed E-state index contributed by atoms with van der Waals surface area (Å²) in [5.74, 6) is 0. The summed E-state index contributed by atoms with van der Waals surface area (Å²) in [6.07, 6.45) is 41.2. The van der Waals surface area contributed by atoms with Crippen molar-refractivity contribution in [3.63, 3.8) is 0 Å². The summed E-state index contributed by atoms with van der Waals surface area (Å²) in [6.45, 7) is 10.6. The largest absolute Gasteiger partial charge is 0.356 e. The molecule has 0 aromatic rings. The van der Waals surface area contributed by atoms with Crippen LogP contribution in [-0.4, -0.2) is 28.6 Å². The third-order valence-electron chi connectivity index (χ3n) is 8.34. The molecule has 0 aromatic carbocycles. The van der Waals surface area contributed by atoms with Crippen LogP contribution < -0.4 is 0 Å². The molecule has 0 saturated carbocycles. The van der Waals surface area contributed by atoms with Crippen molar-refractivity contribution in [2.75, 3.05) is 6.54 Å². The summed E-state index contributed by atoms with van der Waals surface area (Å²) in [4.78, 5) is 5.27. The van der Waals surface area contributed by atoms with Gasteiger partial charge in [-0.15, -0.1) is 0 Å². The molecule has 1 atom stereocenters. The summed E-state index contributed by atoms with van der Waals surface area (Å²) in [6, 6.07) is 0.607. The van der Waals surface area contributed by atoms with Crippen molar-refractivity contribution < 1.29 is 0 Å². The maximum Gasteiger partial charge on any atom is 0.101 e. The fourth-order valence-corrected chi connectivity index (χ4v) is 5.89. The normalized spacial score (nSPS) is 15.6. The monoisotopic (exact) mass is 505 g/mol. The van der Waals surface area contributed by atoms with Crippen molar-refractivity contribution in [1.82, 2.24) is 9.80 Å². The highest BCUT2D eigenvalue weighted by atomic mass is 15.4. The summed E-state index contributed by atoms with van der Waals surface area (Å²) < 4.78 is 0. The van der Waals surface area contributed by atoms with Crippen LogP contribution in [0.3, 0.4) is 0 Å². The van der Waals surface area contributed by atoms with E-state index >= 15 is 0 Å². The van der Waals surface area contributed by atoms with E-state index in [-0.39, 0.29) is 0 Å². The van der Waals surface area contributed by atoms with Crippen LogP contribution in [0.25, 0.3) is 0 Å². The first-order valence-corrected chi connectivity index (χ1v) is 16.9. The summed E-state index contributed by atoms with van der Waals surface area (Å²) >= 11 is 0. The lowest BCUT2D eigenvalue weighted by Crippen LogP contribution is -2.42. The summed E-state index contributed by atoms with van der Waals surface area (Å²) in [5, 5.41) is 0. The maximum atomic E-state index is 2.66. The minimum atomic E-state index is 0.607. The van der Waals surface area contributed by atoms with Gasteiger partial charge in [0.25, 0.3) is 0 Å². The summed E-state index contributed by atoms with van der Waals surface area (Å²) in [7, 11) is 0. The Morgan fingerprint density at radius 2 is 0.833 bits per heavy atom. The third kappa shape index (κ3) is 17.7. The van der Waals surface area contributed by atoms with E-state index in [0.717, 1.165) is 0 Å². The lowest BCUT2D eigenvalue weighted by molar-refractivity contribution is 0.114. The van der Waals surface area contributed by atoms with E-state index in [2.05, 4.69) is 49.9 Å². The lowest BCUT2D eigenvalue weighted by atomic mass is 10.0. The molecule has 0 bridgehead atoms. The Bertz CT molecular complexity index is 472. The highest BCUT2D eigenvalue weighted by Crippen LogP contribution is 2.25. The van der Waals surface area contributed by atoms with Crippen LogP contribution in [0.4, 0.5) is 0 Å². The van der Waals surface area contributed by atoms with Gasteiger partial charge in [0.15, 0.2) is 0 Å². The predicted molar refractivity (Wildman–Crippen MR) is 163 cm³/mol. The predicted octanol–water partition coefficient (Wildman–Crippen LogP) is 11.6. The van der Waals surface area contributed by atoms with Crippen LogP contribution in [-0.2, 0) is 0 Å². The Labute approximate surface area is 229 Å². The van der Waals surface area contributed by atoms with Gasteiger partial charge in [-0.1, -0.05) is 155 Å². The van der Waals surface area contributed by atoms with Crippen molar-refractivity contribution >= 4 is 0 Å². The lowest BCUT2D eigenvalue weighted by Gasteiger charge is -2.35. The van der Waals surface area contributed by atoms with Gasteiger partial charge in [-0.2, -0.15) is 0 Å². The first-order chi connectivity index (χ1) is 17.7. The molecule has 0 amide bonds. The number of rotatable bonds is 27. The molecule has 0 fully saturated rings. The quantitative estimate of drug-likeness (QED) is 0.103. The van der Waals surface area contributed by atoms with Crippen molar-refractivity contribution in [2.24, 2.45) is 0 Å². The molecule has 0 spiro atoms. The van der Waals surface area contributed by atoms with Gasteiger partial charge in [-0.3, -0.25) is 0 Å². The van der Waals surface area contributed by atoms with Crippen LogP contribution >= 0.6 is 0 Å². The number of hydrogen-bond donors (Lipinski definition) is 0. The molecular formula is C34H68N2. The van der Waals surface area contributed by atoms with Crippen molar-refractivity contribution in [1.29, 1.82) is 0 Å². The smallest absolute Gasteiger partial charge is 0.101 e. The zero-order chi connectivity index (χ0) is 26.1. The first-order valence-electron chi connectivity index (χ1n) is 16.9. The van der Waals surface area contributed by atoms with Crippen LogP contribution in [0, 0.1) is 0 Å². The van der Waals surface area contributed by atoms with E-state index in [1.807, 2.05) is 0 Å². The topological polar surface area (TPSA) is 6.48 Å². The third-order valence-corrected chi connectivity index (χ3v) is 8.34. The molecular weight excluding hydrogens is 436 g/mol. The molecule has 0 radical (unpaired) electrons. The second-order valence-corrected chi connectivity index (χ2v) is 12.1. The molecule has 0 aromatic heterocycles. The van der Waals surface area contributed by atoms with Gasteiger partial charge in [0.2, 0.25) is 0 Å². The molecule has 1 unspecified atom stereocenters. The number of hydrogen-bond acceptors (Lipinski definition) is 2. The van der Waals surface area contributed by atoms with Crippen LogP contribution in [0.15, 0.2) is 12.4 Å². The van der Waals surface area contributed by atoms with E-state index in [0.29, 0.717) is 12.2 Å². The van der Waals surface area contributed by atoms with Gasteiger partial charge in [-0.25, -0.2) is 0 Å². The zero-order valence-corrected chi connectivity index (χ0v) is 25.6. The van der Waals surface area contributed by atoms with Gasteiger partial charge in [-0.05, 0) is 33.1 Å². The van der Waals surface area contributed by atoms with E-state index < -0.39 is 0 Å². The molecule has 1 aliphatic heterocycles. The average Bonchev–Trinajstić information content (AvgIpc) is 3.28. The summed E-state index contributed by atoms with van der Waals surface area (Å²) in [5.41, 5.74) is 0. The molecule has 36 heavy (non-hydrogen) atoms. The van der Waals surface area contributed by atoms with Gasteiger partial charge in [0.1, 0.15) is 6.17 Å². The van der Waals surface area contributed by atoms with Crippen LogP contribution in [0.2, 0.25) is 0 Å². The second-order valence-electron chi connectivity index (χ2n) is 12.1. The fourth-order valence-electron chi connectivity index (χ4n) is 5.89. The van der Waals surface area contributed by atoms with Gasteiger partial charge in [0, 0.05) is 25.0 Å². The van der Waals surface area contributed by atoms with Gasteiger partial charge >= 0.3 is 0 Å². The van der Waals surface area contributed by atoms with E-state index in [1.165, 1.54) is 167 Å². The standard InChI is InChI=1S/C34H68N2/c1-5-7-9-11-13-15-17-18-20-22-24-26-28-30-35-31-32-36(33(3)4)34(35)29-27-25-23-21-19-16-14-12-10-8-6-2/h31-34H,5-30H2,1-4H3. The van der Waals surface area contributed by atoms with E-state index in [9.17, 15) is 0 Å². The Morgan fingerprint density at radius 1 is 0.472 bits per heavy atom. The van der Waals surface area contributed by atoms with Crippen LogP contribution in [0.5, 0.6) is 0 Å². The van der Waals surface area contributed by atoms with E-state index in [4.69, 9.17) is 0 Å². The van der Waals surface area contributed by atoms with Crippen molar-refractivity contribution in [2.45, 2.75) is 200 Å². The molecule has 0 N–H and O–H groups in total. The maximum absolute atomic E-state index is 2.66. The van der Waals surface area contributed by atoms with Gasteiger partial charge < -0.3 is 9.80 Å². The Kier molecular flexibility index (Phi) is 22.9. The first kappa shape index (κ1) is 33.4. The molecule has 214 valence electrons. The average molecular weight is 505 g/mol. The molecule has 2 nitrogen and oxygen atoms in total. The fraction of sp³-hybridized carbons (Fsp3) is 0.941. The molecule has 1 heterocycles. The van der Waals surface area contributed by atoms with Crippen molar-refractivity contribution in [3.8, 4) is 0 Å². The van der Waals surface area contributed by atoms with E-state index in [1.54, 1.807) is 0 Å². The highest BCUT2D eigenvalue weighted by molar-refractivity contribution is 4.98. The second kappa shape index (κ2) is 24.7. The van der Waals surface area contributed by atoms with Gasteiger partial charge in [0.05, 0.1) is 0 Å². The molecule has 0 saturated heterocycles. The Hall–Kier alpha value is -0.660. The SMILES string of the molecule is CCCCCCCCCCCCCCCN1C=CN(C(C)C)C1CCCCCCCCCCCCC. The number of unbranched alkanes of at least 4 members (excludes halogenated alkanes) is 22. The minimum Gasteiger partial charge on any atom is -0.356 e. The van der Waals surface area contributed by atoms with Crippen LogP contribution in [0.1, 0.15) is 188 Å². The van der Waals surface area contributed by atoms with Crippen molar-refractivity contribution in [3.05, 3.63) is 12.4 Å². The molecule has 2 heteroatoms. The molecule has 1 aliphatic rings. The Morgan fingerprint density at radius 3 is 1.22 bits per heavy atom. The molecule has 1 rings (SSSR count). The molecule has 0 aliphatic carbocycles. The highest BCUT2D eigenvalue weighted by Gasteiger charge is 2.26. The Balaban J connectivity index is 2.04. The minimum absolute atomic E-state index is 0.607. The number of nitrogens with zero attached hydrogens (tertiary/aromatic N) is 2. The zero-order valence-electron chi connectivity index (χ0n) is 25.6.